The second kappa shape index (κ2) is 5.18. The van der Waals surface area contributed by atoms with Gasteiger partial charge < -0.3 is 11.1 Å². The largest absolute Gasteiger partial charge is 0.399 e. The molecule has 0 aliphatic carbocycles. The molecule has 2 rings (SSSR count). The fourth-order valence-electron chi connectivity index (χ4n) is 1.49. The molecular weight excluding hydrogens is 299 g/mol. The summed E-state index contributed by atoms with van der Waals surface area (Å²) < 4.78 is 14.2. The molecule has 0 spiro atoms. The monoisotopic (exact) mass is 308 g/mol. The molecule has 2 aromatic rings. The molecule has 0 heterocycles. The molecule has 18 heavy (non-hydrogen) atoms. The Labute approximate surface area is 112 Å². The summed E-state index contributed by atoms with van der Waals surface area (Å²) in [5.41, 5.74) is 6.64. The average Bonchev–Trinajstić information content (AvgIpc) is 2.28. The Kier molecular flexibility index (Phi) is 3.62. The molecule has 0 saturated heterocycles. The number of rotatable bonds is 2. The van der Waals surface area contributed by atoms with Crippen LogP contribution in [0.5, 0.6) is 0 Å². The summed E-state index contributed by atoms with van der Waals surface area (Å²) in [5.74, 6) is -1.09. The van der Waals surface area contributed by atoms with Gasteiger partial charge in [-0.15, -0.1) is 0 Å². The number of hydrogen-bond donors (Lipinski definition) is 2. The molecule has 0 atom stereocenters. The Morgan fingerprint density at radius 3 is 2.67 bits per heavy atom. The zero-order valence-electron chi connectivity index (χ0n) is 9.28. The first kappa shape index (κ1) is 12.6. The van der Waals surface area contributed by atoms with Gasteiger partial charge >= 0.3 is 0 Å². The minimum atomic E-state index is -0.578. The Balaban J connectivity index is 2.22. The van der Waals surface area contributed by atoms with Gasteiger partial charge in [-0.05, 0) is 36.4 Å². The Hall–Kier alpha value is -1.88. The van der Waals surface area contributed by atoms with E-state index in [1.54, 1.807) is 30.3 Å². The van der Waals surface area contributed by atoms with Gasteiger partial charge in [-0.3, -0.25) is 4.79 Å². The maximum absolute atomic E-state index is 13.6. The van der Waals surface area contributed by atoms with Gasteiger partial charge in [0.05, 0.1) is 5.56 Å². The predicted octanol–water partition coefficient (Wildman–Crippen LogP) is 3.42. The highest BCUT2D eigenvalue weighted by atomic mass is 79.9. The van der Waals surface area contributed by atoms with Crippen molar-refractivity contribution < 1.29 is 9.18 Å². The van der Waals surface area contributed by atoms with Gasteiger partial charge in [0.25, 0.3) is 5.91 Å². The zero-order chi connectivity index (χ0) is 13.1. The van der Waals surface area contributed by atoms with E-state index < -0.39 is 11.7 Å². The molecule has 0 bridgehead atoms. The third-order valence-electron chi connectivity index (χ3n) is 2.32. The lowest BCUT2D eigenvalue weighted by Gasteiger charge is -2.07. The second-order valence-electron chi connectivity index (χ2n) is 3.70. The van der Waals surface area contributed by atoms with E-state index in [9.17, 15) is 9.18 Å². The molecule has 0 radical (unpaired) electrons. The average molecular weight is 309 g/mol. The standard InChI is InChI=1S/C13H10BrFN2O/c14-8-4-5-11(12(15)6-8)13(18)17-10-3-1-2-9(16)7-10/h1-7H,16H2,(H,17,18). The smallest absolute Gasteiger partial charge is 0.258 e. The molecule has 0 unspecified atom stereocenters. The van der Waals surface area contributed by atoms with Crippen LogP contribution >= 0.6 is 15.9 Å². The van der Waals surface area contributed by atoms with Gasteiger partial charge in [0.2, 0.25) is 0 Å². The van der Waals surface area contributed by atoms with E-state index in [2.05, 4.69) is 21.2 Å². The minimum absolute atomic E-state index is 0.0133. The molecule has 5 heteroatoms. The lowest BCUT2D eigenvalue weighted by molar-refractivity contribution is 0.102. The molecule has 1 amide bonds. The van der Waals surface area contributed by atoms with Gasteiger partial charge in [-0.1, -0.05) is 22.0 Å². The summed E-state index contributed by atoms with van der Waals surface area (Å²) in [5, 5.41) is 2.59. The van der Waals surface area contributed by atoms with Crippen molar-refractivity contribution in [1.29, 1.82) is 0 Å². The molecule has 92 valence electrons. The number of nitrogens with one attached hydrogen (secondary N) is 1. The highest BCUT2D eigenvalue weighted by Crippen LogP contribution is 2.18. The molecule has 3 N–H and O–H groups in total. The summed E-state index contributed by atoms with van der Waals surface area (Å²) >= 11 is 3.13. The van der Waals surface area contributed by atoms with Crippen molar-refractivity contribution in [3.05, 3.63) is 58.3 Å². The summed E-state index contributed by atoms with van der Waals surface area (Å²) in [6.07, 6.45) is 0. The Bertz CT molecular complexity index is 601. The second-order valence-corrected chi connectivity index (χ2v) is 4.62. The number of nitrogens with two attached hydrogens (primary N) is 1. The number of anilines is 2. The number of amides is 1. The van der Waals surface area contributed by atoms with E-state index in [0.29, 0.717) is 15.8 Å². The number of benzene rings is 2. The normalized spacial score (nSPS) is 10.1. The topological polar surface area (TPSA) is 55.1 Å². The van der Waals surface area contributed by atoms with Crippen LogP contribution in [0.2, 0.25) is 0 Å². The van der Waals surface area contributed by atoms with Gasteiger partial charge in [0.1, 0.15) is 5.82 Å². The van der Waals surface area contributed by atoms with Gasteiger partial charge in [-0.2, -0.15) is 0 Å². The number of hydrogen-bond acceptors (Lipinski definition) is 2. The first-order chi connectivity index (χ1) is 8.56. The van der Waals surface area contributed by atoms with Crippen LogP contribution < -0.4 is 11.1 Å². The van der Waals surface area contributed by atoms with Gasteiger partial charge in [-0.25, -0.2) is 4.39 Å². The Morgan fingerprint density at radius 2 is 2.00 bits per heavy atom. The van der Waals surface area contributed by atoms with E-state index >= 15 is 0 Å². The Morgan fingerprint density at radius 1 is 1.22 bits per heavy atom. The molecule has 0 fully saturated rings. The van der Waals surface area contributed by atoms with Crippen molar-refractivity contribution in [3.8, 4) is 0 Å². The molecule has 2 aromatic carbocycles. The molecule has 0 aromatic heterocycles. The zero-order valence-corrected chi connectivity index (χ0v) is 10.9. The highest BCUT2D eigenvalue weighted by molar-refractivity contribution is 9.10. The van der Waals surface area contributed by atoms with Crippen LogP contribution in [0.25, 0.3) is 0 Å². The van der Waals surface area contributed by atoms with Crippen LogP contribution in [0.3, 0.4) is 0 Å². The van der Waals surface area contributed by atoms with Crippen LogP contribution in [0.15, 0.2) is 46.9 Å². The predicted molar refractivity (Wildman–Crippen MR) is 72.9 cm³/mol. The van der Waals surface area contributed by atoms with Crippen molar-refractivity contribution in [2.24, 2.45) is 0 Å². The number of carbonyl (C=O) groups is 1. The maximum Gasteiger partial charge on any atom is 0.258 e. The lowest BCUT2D eigenvalue weighted by Crippen LogP contribution is -2.13. The maximum atomic E-state index is 13.6. The first-order valence-corrected chi connectivity index (χ1v) is 5.97. The molecule has 3 nitrogen and oxygen atoms in total. The van der Waals surface area contributed by atoms with E-state index in [4.69, 9.17) is 5.73 Å². The van der Waals surface area contributed by atoms with Crippen LogP contribution in [0.4, 0.5) is 15.8 Å². The molecule has 0 aliphatic heterocycles. The van der Waals surface area contributed by atoms with Gasteiger partial charge in [0, 0.05) is 15.8 Å². The quantitative estimate of drug-likeness (QED) is 0.835. The van der Waals surface area contributed by atoms with E-state index in [-0.39, 0.29) is 5.56 Å². The summed E-state index contributed by atoms with van der Waals surface area (Å²) in [6.45, 7) is 0. The molecule has 0 saturated carbocycles. The third-order valence-corrected chi connectivity index (χ3v) is 2.81. The van der Waals surface area contributed by atoms with Crippen molar-refractivity contribution >= 4 is 33.2 Å². The highest BCUT2D eigenvalue weighted by Gasteiger charge is 2.12. The summed E-state index contributed by atoms with van der Waals surface area (Å²) in [4.78, 5) is 11.9. The molecular formula is C13H10BrFN2O. The van der Waals surface area contributed by atoms with Gasteiger partial charge in [0.15, 0.2) is 0 Å². The van der Waals surface area contributed by atoms with Crippen molar-refractivity contribution in [2.75, 3.05) is 11.1 Å². The van der Waals surface area contributed by atoms with E-state index in [1.807, 2.05) is 0 Å². The van der Waals surface area contributed by atoms with Crippen LogP contribution in [0, 0.1) is 5.82 Å². The van der Waals surface area contributed by atoms with E-state index in [0.717, 1.165) is 0 Å². The van der Waals surface area contributed by atoms with E-state index in [1.165, 1.54) is 12.1 Å². The van der Waals surface area contributed by atoms with Crippen molar-refractivity contribution in [1.82, 2.24) is 0 Å². The molecule has 0 aliphatic rings. The number of nitrogen functional groups attached to an aromatic ring is 1. The number of carbonyl (C=O) groups excluding carboxylic acids is 1. The number of halogens is 2. The summed E-state index contributed by atoms with van der Waals surface area (Å²) in [6, 6.07) is 11.0. The van der Waals surface area contributed by atoms with Crippen molar-refractivity contribution in [3.63, 3.8) is 0 Å². The first-order valence-electron chi connectivity index (χ1n) is 5.18. The van der Waals surface area contributed by atoms with Crippen LogP contribution in [0.1, 0.15) is 10.4 Å². The summed E-state index contributed by atoms with van der Waals surface area (Å²) in [7, 11) is 0. The lowest BCUT2D eigenvalue weighted by atomic mass is 10.2. The minimum Gasteiger partial charge on any atom is -0.399 e. The van der Waals surface area contributed by atoms with Crippen LogP contribution in [-0.2, 0) is 0 Å². The fraction of sp³-hybridized carbons (Fsp3) is 0. The third kappa shape index (κ3) is 2.87. The van der Waals surface area contributed by atoms with Crippen molar-refractivity contribution in [2.45, 2.75) is 0 Å². The SMILES string of the molecule is Nc1cccc(NC(=O)c2ccc(Br)cc2F)c1. The van der Waals surface area contributed by atoms with Crippen LogP contribution in [-0.4, -0.2) is 5.91 Å². The fourth-order valence-corrected chi connectivity index (χ4v) is 1.82.